The zero-order valence-electron chi connectivity index (χ0n) is 9.82. The predicted molar refractivity (Wildman–Crippen MR) is 65.5 cm³/mol. The number of piperidine rings is 1. The average molecular weight is 220 g/mol. The molecular weight excluding hydrogens is 200 g/mol. The number of hydrogen-bond acceptors (Lipinski definition) is 3. The summed E-state index contributed by atoms with van der Waals surface area (Å²) in [4.78, 5) is 2.36. The van der Waals surface area contributed by atoms with Crippen LogP contribution in [-0.4, -0.2) is 36.2 Å². The van der Waals surface area contributed by atoms with Gasteiger partial charge in [0.25, 0.3) is 0 Å². The average Bonchev–Trinajstić information content (AvgIpc) is 2.27. The van der Waals surface area contributed by atoms with Crippen LogP contribution in [0.25, 0.3) is 0 Å². The minimum absolute atomic E-state index is 0.347. The van der Waals surface area contributed by atoms with Crippen LogP contribution in [0.5, 0.6) is 5.75 Å². The molecule has 3 nitrogen and oxygen atoms in total. The van der Waals surface area contributed by atoms with E-state index in [9.17, 15) is 5.11 Å². The molecule has 1 unspecified atom stereocenters. The lowest BCUT2D eigenvalue weighted by Gasteiger charge is -2.30. The van der Waals surface area contributed by atoms with Gasteiger partial charge in [0.2, 0.25) is 0 Å². The van der Waals surface area contributed by atoms with Crippen LogP contribution in [0.4, 0.5) is 0 Å². The van der Waals surface area contributed by atoms with E-state index in [1.165, 1.54) is 19.4 Å². The number of nitrogens with zero attached hydrogens (tertiary/aromatic N) is 1. The van der Waals surface area contributed by atoms with Crippen molar-refractivity contribution in [2.45, 2.75) is 25.4 Å². The van der Waals surface area contributed by atoms with Crippen molar-refractivity contribution in [3.63, 3.8) is 0 Å². The minimum atomic E-state index is 0.347. The number of aromatic hydroxyl groups is 1. The highest BCUT2D eigenvalue weighted by atomic mass is 16.3. The molecule has 0 saturated carbocycles. The fraction of sp³-hybridized carbons (Fsp3) is 0.538. The number of phenolic OH excluding ortho intramolecular Hbond substituents is 1. The van der Waals surface area contributed by atoms with Crippen LogP contribution < -0.4 is 5.32 Å². The maximum Gasteiger partial charge on any atom is 0.115 e. The first-order valence-corrected chi connectivity index (χ1v) is 5.94. The summed E-state index contributed by atoms with van der Waals surface area (Å²) in [7, 11) is 2.17. The Morgan fingerprint density at radius 1 is 1.50 bits per heavy atom. The van der Waals surface area contributed by atoms with E-state index >= 15 is 0 Å². The Labute approximate surface area is 97.1 Å². The van der Waals surface area contributed by atoms with E-state index < -0.39 is 0 Å². The van der Waals surface area contributed by atoms with E-state index in [1.54, 1.807) is 6.07 Å². The summed E-state index contributed by atoms with van der Waals surface area (Å²) in [6.07, 6.45) is 2.53. The number of rotatable bonds is 3. The van der Waals surface area contributed by atoms with Crippen molar-refractivity contribution in [2.75, 3.05) is 20.1 Å². The molecule has 1 aliphatic heterocycles. The first-order valence-electron chi connectivity index (χ1n) is 5.94. The molecule has 1 saturated heterocycles. The zero-order valence-corrected chi connectivity index (χ0v) is 9.82. The molecule has 1 atom stereocenters. The maximum absolute atomic E-state index is 9.36. The quantitative estimate of drug-likeness (QED) is 0.811. The highest BCUT2D eigenvalue weighted by Gasteiger charge is 2.15. The minimum Gasteiger partial charge on any atom is -0.508 e. The van der Waals surface area contributed by atoms with Gasteiger partial charge in [0.1, 0.15) is 5.75 Å². The smallest absolute Gasteiger partial charge is 0.115 e. The molecule has 2 N–H and O–H groups in total. The van der Waals surface area contributed by atoms with Gasteiger partial charge in [0, 0.05) is 19.1 Å². The molecule has 0 spiro atoms. The number of benzene rings is 1. The number of nitrogens with one attached hydrogen (secondary N) is 1. The molecule has 16 heavy (non-hydrogen) atoms. The van der Waals surface area contributed by atoms with Gasteiger partial charge in [0.05, 0.1) is 0 Å². The molecule has 1 aromatic rings. The topological polar surface area (TPSA) is 35.5 Å². The third kappa shape index (κ3) is 3.22. The van der Waals surface area contributed by atoms with Crippen LogP contribution in [0.3, 0.4) is 0 Å². The Morgan fingerprint density at radius 3 is 3.12 bits per heavy atom. The van der Waals surface area contributed by atoms with Gasteiger partial charge in [-0.25, -0.2) is 0 Å². The number of phenols is 1. The van der Waals surface area contributed by atoms with E-state index in [0.29, 0.717) is 11.8 Å². The van der Waals surface area contributed by atoms with Crippen molar-refractivity contribution < 1.29 is 5.11 Å². The highest BCUT2D eigenvalue weighted by Crippen LogP contribution is 2.12. The number of likely N-dealkylation sites (N-methyl/N-ethyl adjacent to an activating group) is 1. The molecule has 0 aromatic heterocycles. The Morgan fingerprint density at radius 2 is 2.38 bits per heavy atom. The van der Waals surface area contributed by atoms with E-state index in [0.717, 1.165) is 18.7 Å². The molecule has 0 aliphatic carbocycles. The van der Waals surface area contributed by atoms with Gasteiger partial charge in [-0.3, -0.25) is 0 Å². The maximum atomic E-state index is 9.36. The molecule has 1 aromatic carbocycles. The van der Waals surface area contributed by atoms with Crippen molar-refractivity contribution in [3.8, 4) is 5.75 Å². The summed E-state index contributed by atoms with van der Waals surface area (Å²) < 4.78 is 0. The van der Waals surface area contributed by atoms with Gasteiger partial charge in [-0.2, -0.15) is 0 Å². The normalized spacial score (nSPS) is 22.2. The summed E-state index contributed by atoms with van der Waals surface area (Å²) in [6, 6.07) is 8.04. The largest absolute Gasteiger partial charge is 0.508 e. The van der Waals surface area contributed by atoms with Crippen molar-refractivity contribution in [3.05, 3.63) is 29.8 Å². The highest BCUT2D eigenvalue weighted by molar-refractivity contribution is 5.26. The standard InChI is InChI=1S/C13H20N2O/c1-15-7-3-5-12(10-15)14-9-11-4-2-6-13(16)8-11/h2,4,6,8,12,14,16H,3,5,7,9-10H2,1H3. The van der Waals surface area contributed by atoms with Crippen LogP contribution in [0.2, 0.25) is 0 Å². The number of hydrogen-bond donors (Lipinski definition) is 2. The summed E-state index contributed by atoms with van der Waals surface area (Å²) in [5, 5.41) is 12.9. The zero-order chi connectivity index (χ0) is 11.4. The van der Waals surface area contributed by atoms with Crippen LogP contribution in [0.1, 0.15) is 18.4 Å². The van der Waals surface area contributed by atoms with E-state index in [-0.39, 0.29) is 0 Å². The number of likely N-dealkylation sites (tertiary alicyclic amines) is 1. The van der Waals surface area contributed by atoms with E-state index in [2.05, 4.69) is 17.3 Å². The van der Waals surface area contributed by atoms with Gasteiger partial charge >= 0.3 is 0 Å². The van der Waals surface area contributed by atoms with Crippen LogP contribution in [-0.2, 0) is 6.54 Å². The third-order valence-electron chi connectivity index (χ3n) is 3.13. The molecule has 3 heteroatoms. The Balaban J connectivity index is 1.82. The summed E-state index contributed by atoms with van der Waals surface area (Å²) in [5.74, 6) is 0.347. The lowest BCUT2D eigenvalue weighted by Crippen LogP contribution is -2.43. The lowest BCUT2D eigenvalue weighted by atomic mass is 10.1. The van der Waals surface area contributed by atoms with Crippen LogP contribution >= 0.6 is 0 Å². The first kappa shape index (κ1) is 11.4. The Hall–Kier alpha value is -1.06. The Bertz CT molecular complexity index is 340. The van der Waals surface area contributed by atoms with E-state index in [4.69, 9.17) is 0 Å². The molecule has 1 aliphatic rings. The molecule has 0 radical (unpaired) electrons. The molecule has 1 fully saturated rings. The van der Waals surface area contributed by atoms with Gasteiger partial charge in [-0.05, 0) is 44.1 Å². The molecule has 1 heterocycles. The van der Waals surface area contributed by atoms with Gasteiger partial charge < -0.3 is 15.3 Å². The SMILES string of the molecule is CN1CCCC(NCc2cccc(O)c2)C1. The van der Waals surface area contributed by atoms with Crippen LogP contribution in [0, 0.1) is 0 Å². The van der Waals surface area contributed by atoms with Crippen LogP contribution in [0.15, 0.2) is 24.3 Å². The molecule has 0 bridgehead atoms. The summed E-state index contributed by atoms with van der Waals surface area (Å²) in [6.45, 7) is 3.18. The van der Waals surface area contributed by atoms with Gasteiger partial charge in [-0.1, -0.05) is 12.1 Å². The second-order valence-corrected chi connectivity index (χ2v) is 4.65. The molecule has 88 valence electrons. The summed E-state index contributed by atoms with van der Waals surface area (Å²) in [5.41, 5.74) is 1.15. The van der Waals surface area contributed by atoms with Gasteiger partial charge in [0.15, 0.2) is 0 Å². The summed E-state index contributed by atoms with van der Waals surface area (Å²) >= 11 is 0. The van der Waals surface area contributed by atoms with Crippen molar-refractivity contribution in [2.24, 2.45) is 0 Å². The first-order chi connectivity index (χ1) is 7.74. The fourth-order valence-electron chi connectivity index (χ4n) is 2.26. The van der Waals surface area contributed by atoms with E-state index in [1.807, 2.05) is 18.2 Å². The molecular formula is C13H20N2O. The predicted octanol–water partition coefficient (Wildman–Crippen LogP) is 1.58. The van der Waals surface area contributed by atoms with Crippen molar-refractivity contribution in [1.82, 2.24) is 10.2 Å². The Kier molecular flexibility index (Phi) is 3.80. The molecule has 0 amide bonds. The monoisotopic (exact) mass is 220 g/mol. The second kappa shape index (κ2) is 5.32. The van der Waals surface area contributed by atoms with Gasteiger partial charge in [-0.15, -0.1) is 0 Å². The third-order valence-corrected chi connectivity index (χ3v) is 3.13. The lowest BCUT2D eigenvalue weighted by molar-refractivity contribution is 0.226. The van der Waals surface area contributed by atoms with Crippen molar-refractivity contribution >= 4 is 0 Å². The molecule has 2 rings (SSSR count). The van der Waals surface area contributed by atoms with Crippen molar-refractivity contribution in [1.29, 1.82) is 0 Å². The fourth-order valence-corrected chi connectivity index (χ4v) is 2.26. The second-order valence-electron chi connectivity index (χ2n) is 4.65.